The fourth-order valence-electron chi connectivity index (χ4n) is 2.02. The Labute approximate surface area is 122 Å². The van der Waals surface area contributed by atoms with E-state index in [1.807, 2.05) is 6.07 Å². The molecule has 0 saturated carbocycles. The van der Waals surface area contributed by atoms with Gasteiger partial charge in [0.2, 0.25) is 0 Å². The molecule has 0 unspecified atom stereocenters. The summed E-state index contributed by atoms with van der Waals surface area (Å²) in [5.41, 5.74) is 2.46. The van der Waals surface area contributed by atoms with Gasteiger partial charge >= 0.3 is 5.97 Å². The van der Waals surface area contributed by atoms with E-state index in [2.05, 4.69) is 39.8 Å². The Morgan fingerprint density at radius 3 is 2.55 bits per heavy atom. The Morgan fingerprint density at radius 1 is 1.30 bits per heavy atom. The maximum Gasteiger partial charge on any atom is 0.303 e. The van der Waals surface area contributed by atoms with Crippen molar-refractivity contribution in [3.8, 4) is 5.75 Å². The van der Waals surface area contributed by atoms with Crippen molar-refractivity contribution in [3.05, 3.63) is 29.3 Å². The van der Waals surface area contributed by atoms with Crippen LogP contribution in [0.4, 0.5) is 0 Å². The third-order valence-corrected chi connectivity index (χ3v) is 3.22. The molecule has 3 nitrogen and oxygen atoms in total. The molecule has 1 aromatic rings. The lowest BCUT2D eigenvalue weighted by molar-refractivity contribution is -0.137. The molecule has 0 fully saturated rings. The van der Waals surface area contributed by atoms with E-state index in [9.17, 15) is 4.79 Å². The summed E-state index contributed by atoms with van der Waals surface area (Å²) >= 11 is 0. The van der Waals surface area contributed by atoms with Crippen molar-refractivity contribution in [2.24, 2.45) is 0 Å². The molecule has 0 aromatic heterocycles. The lowest BCUT2D eigenvalue weighted by Crippen LogP contribution is -2.12. The van der Waals surface area contributed by atoms with Gasteiger partial charge in [-0.3, -0.25) is 4.79 Å². The Bertz CT molecular complexity index is 444. The Kier molecular flexibility index (Phi) is 6.05. The highest BCUT2D eigenvalue weighted by molar-refractivity contribution is 5.66. The smallest absolute Gasteiger partial charge is 0.303 e. The van der Waals surface area contributed by atoms with Crippen LogP contribution in [-0.2, 0) is 16.6 Å². The first kappa shape index (κ1) is 16.5. The number of benzene rings is 1. The van der Waals surface area contributed by atoms with Crippen LogP contribution in [0.25, 0.3) is 0 Å². The van der Waals surface area contributed by atoms with Crippen molar-refractivity contribution in [2.75, 3.05) is 6.61 Å². The van der Waals surface area contributed by atoms with Crippen LogP contribution >= 0.6 is 0 Å². The molecule has 0 bridgehead atoms. The van der Waals surface area contributed by atoms with Crippen LogP contribution in [0.1, 0.15) is 58.1 Å². The van der Waals surface area contributed by atoms with Crippen molar-refractivity contribution in [1.82, 2.24) is 0 Å². The molecule has 0 radical (unpaired) electrons. The molecule has 3 heteroatoms. The summed E-state index contributed by atoms with van der Waals surface area (Å²) in [5.74, 6) is 0.151. The minimum absolute atomic E-state index is 0.0881. The first-order valence-electron chi connectivity index (χ1n) is 7.32. The number of hydrogen-bond acceptors (Lipinski definition) is 2. The quantitative estimate of drug-likeness (QED) is 0.813. The van der Waals surface area contributed by atoms with Crippen LogP contribution in [-0.4, -0.2) is 17.7 Å². The van der Waals surface area contributed by atoms with Gasteiger partial charge in [0.1, 0.15) is 5.75 Å². The van der Waals surface area contributed by atoms with Crippen LogP contribution in [0.5, 0.6) is 5.75 Å². The fraction of sp³-hybridized carbons (Fsp3) is 0.588. The van der Waals surface area contributed by atoms with Crippen LogP contribution in [0, 0.1) is 0 Å². The zero-order valence-corrected chi connectivity index (χ0v) is 13.0. The van der Waals surface area contributed by atoms with Gasteiger partial charge in [-0.05, 0) is 41.9 Å². The summed E-state index contributed by atoms with van der Waals surface area (Å²) in [4.78, 5) is 10.6. The highest BCUT2D eigenvalue weighted by Crippen LogP contribution is 2.29. The summed E-state index contributed by atoms with van der Waals surface area (Å²) in [6.07, 6.45) is 2.56. The normalized spacial score (nSPS) is 11.4. The number of ether oxygens (including phenoxy) is 1. The lowest BCUT2D eigenvalue weighted by Gasteiger charge is -2.21. The van der Waals surface area contributed by atoms with Crippen molar-refractivity contribution in [1.29, 1.82) is 0 Å². The second-order valence-corrected chi connectivity index (χ2v) is 6.17. The number of carbonyl (C=O) groups is 1. The summed E-state index contributed by atoms with van der Waals surface area (Å²) in [6, 6.07) is 6.28. The molecular formula is C17H26O3. The molecule has 112 valence electrons. The fourth-order valence-corrected chi connectivity index (χ4v) is 2.02. The van der Waals surface area contributed by atoms with Gasteiger partial charge in [-0.15, -0.1) is 0 Å². The maximum atomic E-state index is 10.6. The van der Waals surface area contributed by atoms with Gasteiger partial charge in [-0.25, -0.2) is 0 Å². The highest BCUT2D eigenvalue weighted by atomic mass is 16.5. The predicted molar refractivity (Wildman–Crippen MR) is 81.5 cm³/mol. The molecule has 0 aliphatic heterocycles. The topological polar surface area (TPSA) is 46.5 Å². The number of aryl methyl sites for hydroxylation is 1. The van der Waals surface area contributed by atoms with Crippen molar-refractivity contribution in [3.63, 3.8) is 0 Å². The lowest BCUT2D eigenvalue weighted by atomic mass is 9.85. The van der Waals surface area contributed by atoms with Gasteiger partial charge in [0, 0.05) is 6.42 Å². The Hall–Kier alpha value is -1.51. The second-order valence-electron chi connectivity index (χ2n) is 6.17. The van der Waals surface area contributed by atoms with E-state index in [-0.39, 0.29) is 11.8 Å². The second kappa shape index (κ2) is 7.32. The Balaban J connectivity index is 2.90. The van der Waals surface area contributed by atoms with E-state index in [1.165, 1.54) is 5.56 Å². The van der Waals surface area contributed by atoms with E-state index in [0.717, 1.165) is 24.2 Å². The van der Waals surface area contributed by atoms with Crippen LogP contribution in [0.3, 0.4) is 0 Å². The number of aliphatic carboxylic acids is 1. The SMILES string of the molecule is CCCOc1ccc(C(C)(C)C)cc1CCCC(=O)O. The van der Waals surface area contributed by atoms with Gasteiger partial charge in [-0.1, -0.05) is 39.8 Å². The first-order valence-corrected chi connectivity index (χ1v) is 7.32. The molecule has 0 amide bonds. The molecule has 0 aliphatic carbocycles. The van der Waals surface area contributed by atoms with E-state index < -0.39 is 5.97 Å². The van der Waals surface area contributed by atoms with Gasteiger partial charge in [0.25, 0.3) is 0 Å². The van der Waals surface area contributed by atoms with Crippen molar-refractivity contribution in [2.45, 2.75) is 58.8 Å². The van der Waals surface area contributed by atoms with E-state index >= 15 is 0 Å². The third-order valence-electron chi connectivity index (χ3n) is 3.22. The molecule has 1 N–H and O–H groups in total. The van der Waals surface area contributed by atoms with Crippen molar-refractivity contribution >= 4 is 5.97 Å². The molecular weight excluding hydrogens is 252 g/mol. The van der Waals surface area contributed by atoms with Crippen molar-refractivity contribution < 1.29 is 14.6 Å². The number of carboxylic acids is 1. The van der Waals surface area contributed by atoms with Crippen LogP contribution in [0.15, 0.2) is 18.2 Å². The van der Waals surface area contributed by atoms with Crippen LogP contribution < -0.4 is 4.74 Å². The van der Waals surface area contributed by atoms with E-state index in [0.29, 0.717) is 13.0 Å². The molecule has 1 rings (SSSR count). The zero-order chi connectivity index (χ0) is 15.2. The van der Waals surface area contributed by atoms with E-state index in [1.54, 1.807) is 0 Å². The Morgan fingerprint density at radius 2 is 2.00 bits per heavy atom. The van der Waals surface area contributed by atoms with Gasteiger partial charge in [0.05, 0.1) is 6.61 Å². The molecule has 20 heavy (non-hydrogen) atoms. The monoisotopic (exact) mass is 278 g/mol. The summed E-state index contributed by atoms with van der Waals surface area (Å²) in [6.45, 7) is 9.30. The molecule has 0 heterocycles. The molecule has 0 spiro atoms. The largest absolute Gasteiger partial charge is 0.493 e. The summed E-state index contributed by atoms with van der Waals surface area (Å²) in [5, 5.41) is 8.75. The first-order chi connectivity index (χ1) is 9.34. The molecule has 0 aliphatic rings. The molecule has 1 aromatic carbocycles. The third kappa shape index (κ3) is 5.24. The van der Waals surface area contributed by atoms with E-state index in [4.69, 9.17) is 9.84 Å². The highest BCUT2D eigenvalue weighted by Gasteiger charge is 2.16. The minimum atomic E-state index is -0.743. The zero-order valence-electron chi connectivity index (χ0n) is 13.0. The van der Waals surface area contributed by atoms with Crippen LogP contribution in [0.2, 0.25) is 0 Å². The number of carboxylic acid groups (broad SMARTS) is 1. The standard InChI is InChI=1S/C17H26O3/c1-5-11-20-15-10-9-14(17(2,3)4)12-13(15)7-6-8-16(18)19/h9-10,12H,5-8,11H2,1-4H3,(H,18,19). The predicted octanol–water partition coefficient (Wildman–Crippen LogP) is 4.18. The number of hydrogen-bond donors (Lipinski definition) is 1. The number of rotatable bonds is 7. The van der Waals surface area contributed by atoms with Gasteiger partial charge < -0.3 is 9.84 Å². The minimum Gasteiger partial charge on any atom is -0.493 e. The molecule has 0 atom stereocenters. The summed E-state index contributed by atoms with van der Waals surface area (Å²) < 4.78 is 5.76. The average Bonchev–Trinajstić information content (AvgIpc) is 2.35. The summed E-state index contributed by atoms with van der Waals surface area (Å²) in [7, 11) is 0. The van der Waals surface area contributed by atoms with Gasteiger partial charge in [0.15, 0.2) is 0 Å². The maximum absolute atomic E-state index is 10.6. The van der Waals surface area contributed by atoms with Gasteiger partial charge in [-0.2, -0.15) is 0 Å². The molecule has 0 saturated heterocycles. The average molecular weight is 278 g/mol.